The van der Waals surface area contributed by atoms with E-state index in [0.29, 0.717) is 18.0 Å². The fourth-order valence-corrected chi connectivity index (χ4v) is 3.34. The summed E-state index contributed by atoms with van der Waals surface area (Å²) in [4.78, 5) is 28.6. The van der Waals surface area contributed by atoms with Crippen LogP contribution in [0, 0.1) is 0 Å². The van der Waals surface area contributed by atoms with Gasteiger partial charge < -0.3 is 9.64 Å². The van der Waals surface area contributed by atoms with E-state index in [-0.39, 0.29) is 18.4 Å². The third-order valence-corrected chi connectivity index (χ3v) is 4.56. The van der Waals surface area contributed by atoms with Gasteiger partial charge in [-0.05, 0) is 37.1 Å². The number of fused-ring (bicyclic) bond motifs is 2. The lowest BCUT2D eigenvalue weighted by atomic mass is 10.1. The molecule has 4 rings (SSSR count). The predicted molar refractivity (Wildman–Crippen MR) is 91.4 cm³/mol. The molecule has 0 bridgehead atoms. The summed E-state index contributed by atoms with van der Waals surface area (Å²) in [5.41, 5.74) is 2.78. The van der Waals surface area contributed by atoms with Crippen LogP contribution < -0.4 is 14.5 Å². The maximum absolute atomic E-state index is 12.8. The van der Waals surface area contributed by atoms with Gasteiger partial charge in [0.05, 0.1) is 5.69 Å². The quantitative estimate of drug-likeness (QED) is 0.853. The first-order valence-corrected chi connectivity index (χ1v) is 8.10. The zero-order valence-corrected chi connectivity index (χ0v) is 13.4. The van der Waals surface area contributed by atoms with E-state index in [1.54, 1.807) is 11.8 Å². The van der Waals surface area contributed by atoms with Gasteiger partial charge >= 0.3 is 0 Å². The Balaban J connectivity index is 1.61. The summed E-state index contributed by atoms with van der Waals surface area (Å²) in [5, 5.41) is 0. The average Bonchev–Trinajstić information content (AvgIpc) is 3.03. The smallest absolute Gasteiger partial charge is 0.268 e. The molecule has 2 aromatic carbocycles. The number of hydrogen-bond acceptors (Lipinski definition) is 3. The van der Waals surface area contributed by atoms with Crippen molar-refractivity contribution >= 4 is 23.2 Å². The van der Waals surface area contributed by atoms with E-state index < -0.39 is 6.10 Å². The van der Waals surface area contributed by atoms with E-state index in [1.807, 2.05) is 48.5 Å². The molecule has 24 heavy (non-hydrogen) atoms. The lowest BCUT2D eigenvalue weighted by molar-refractivity contribution is -0.127. The van der Waals surface area contributed by atoms with Gasteiger partial charge in [0.1, 0.15) is 12.3 Å². The molecule has 0 N–H and O–H groups in total. The standard InChI is InChI=1S/C19H18N2O3/c1-13-19(23)21(16-8-4-5-9-17(16)24-13)12-18(22)20-11-10-14-6-2-3-7-15(14)20/h2-9,13H,10-12H2,1H3. The van der Waals surface area contributed by atoms with Crippen LogP contribution in [0.5, 0.6) is 5.75 Å². The SMILES string of the molecule is CC1Oc2ccccc2N(CC(=O)N2CCc3ccccc32)C1=O. The number of benzene rings is 2. The van der Waals surface area contributed by atoms with Crippen molar-refractivity contribution < 1.29 is 14.3 Å². The highest BCUT2D eigenvalue weighted by Gasteiger charge is 2.34. The number of ether oxygens (including phenoxy) is 1. The van der Waals surface area contributed by atoms with Crippen molar-refractivity contribution in [3.8, 4) is 5.75 Å². The number of nitrogens with zero attached hydrogens (tertiary/aromatic N) is 2. The van der Waals surface area contributed by atoms with Crippen molar-refractivity contribution in [3.63, 3.8) is 0 Å². The highest BCUT2D eigenvalue weighted by atomic mass is 16.5. The highest BCUT2D eigenvalue weighted by molar-refractivity contribution is 6.07. The Labute approximate surface area is 140 Å². The van der Waals surface area contributed by atoms with Gasteiger partial charge in [0.15, 0.2) is 6.10 Å². The zero-order valence-electron chi connectivity index (χ0n) is 13.4. The molecule has 2 amide bonds. The Morgan fingerprint density at radius 2 is 1.83 bits per heavy atom. The van der Waals surface area contributed by atoms with Crippen LogP contribution in [0.2, 0.25) is 0 Å². The summed E-state index contributed by atoms with van der Waals surface area (Å²) < 4.78 is 5.62. The second-order valence-electron chi connectivity index (χ2n) is 6.08. The molecular formula is C19H18N2O3. The van der Waals surface area contributed by atoms with Gasteiger partial charge in [-0.25, -0.2) is 0 Å². The minimum absolute atomic E-state index is 0.0257. The first-order valence-electron chi connectivity index (χ1n) is 8.10. The minimum atomic E-state index is -0.585. The molecule has 122 valence electrons. The molecule has 0 aromatic heterocycles. The van der Waals surface area contributed by atoms with Crippen LogP contribution in [-0.2, 0) is 16.0 Å². The van der Waals surface area contributed by atoms with Crippen LogP contribution in [-0.4, -0.2) is 31.0 Å². The van der Waals surface area contributed by atoms with Gasteiger partial charge in [-0.3, -0.25) is 14.5 Å². The topological polar surface area (TPSA) is 49.9 Å². The highest BCUT2D eigenvalue weighted by Crippen LogP contribution is 2.34. The van der Waals surface area contributed by atoms with Crippen LogP contribution in [0.15, 0.2) is 48.5 Å². The third kappa shape index (κ3) is 2.33. The number of para-hydroxylation sites is 3. The van der Waals surface area contributed by atoms with Crippen LogP contribution in [0.4, 0.5) is 11.4 Å². The van der Waals surface area contributed by atoms with Crippen LogP contribution >= 0.6 is 0 Å². The van der Waals surface area contributed by atoms with Crippen molar-refractivity contribution in [1.82, 2.24) is 0 Å². The fraction of sp³-hybridized carbons (Fsp3) is 0.263. The summed E-state index contributed by atoms with van der Waals surface area (Å²) >= 11 is 0. The van der Waals surface area contributed by atoms with Gasteiger partial charge in [0.25, 0.3) is 5.91 Å². The van der Waals surface area contributed by atoms with E-state index in [2.05, 4.69) is 0 Å². The lowest BCUT2D eigenvalue weighted by Crippen LogP contribution is -2.49. The Hall–Kier alpha value is -2.82. The van der Waals surface area contributed by atoms with Gasteiger partial charge in [-0.1, -0.05) is 30.3 Å². The van der Waals surface area contributed by atoms with E-state index in [0.717, 1.165) is 12.1 Å². The summed E-state index contributed by atoms with van der Waals surface area (Å²) in [6.07, 6.45) is 0.268. The molecule has 2 aromatic rings. The molecule has 1 unspecified atom stereocenters. The number of anilines is 2. The monoisotopic (exact) mass is 322 g/mol. The Morgan fingerprint density at radius 1 is 1.12 bits per heavy atom. The molecular weight excluding hydrogens is 304 g/mol. The molecule has 5 heteroatoms. The van der Waals surface area contributed by atoms with E-state index in [9.17, 15) is 9.59 Å². The van der Waals surface area contributed by atoms with Crippen molar-refractivity contribution in [2.75, 3.05) is 22.9 Å². The van der Waals surface area contributed by atoms with E-state index in [1.165, 1.54) is 10.5 Å². The molecule has 0 aliphatic carbocycles. The summed E-state index contributed by atoms with van der Waals surface area (Å²) in [5.74, 6) is 0.381. The zero-order chi connectivity index (χ0) is 16.7. The minimum Gasteiger partial charge on any atom is -0.479 e. The molecule has 2 heterocycles. The number of hydrogen-bond donors (Lipinski definition) is 0. The van der Waals surface area contributed by atoms with Crippen LogP contribution in [0.3, 0.4) is 0 Å². The predicted octanol–water partition coefficient (Wildman–Crippen LogP) is 2.39. The van der Waals surface area contributed by atoms with Gasteiger partial charge in [-0.15, -0.1) is 0 Å². The maximum Gasteiger partial charge on any atom is 0.268 e. The largest absolute Gasteiger partial charge is 0.479 e. The summed E-state index contributed by atoms with van der Waals surface area (Å²) in [6, 6.07) is 15.2. The molecule has 1 atom stereocenters. The van der Waals surface area contributed by atoms with E-state index >= 15 is 0 Å². The number of carbonyl (C=O) groups is 2. The summed E-state index contributed by atoms with van der Waals surface area (Å²) in [7, 11) is 0. The second-order valence-corrected chi connectivity index (χ2v) is 6.08. The molecule has 0 fully saturated rings. The molecule has 0 radical (unpaired) electrons. The average molecular weight is 322 g/mol. The normalized spacial score (nSPS) is 18.9. The number of rotatable bonds is 2. The van der Waals surface area contributed by atoms with Gasteiger partial charge in [0.2, 0.25) is 5.91 Å². The second kappa shape index (κ2) is 5.67. The molecule has 0 spiro atoms. The van der Waals surface area contributed by atoms with Gasteiger partial charge in [0, 0.05) is 12.2 Å². The Kier molecular flexibility index (Phi) is 3.49. The number of carbonyl (C=O) groups excluding carboxylic acids is 2. The fourth-order valence-electron chi connectivity index (χ4n) is 3.34. The summed E-state index contributed by atoms with van der Waals surface area (Å²) in [6.45, 7) is 2.40. The van der Waals surface area contributed by atoms with E-state index in [4.69, 9.17) is 4.74 Å². The molecule has 0 saturated carbocycles. The Morgan fingerprint density at radius 3 is 2.67 bits per heavy atom. The van der Waals surface area contributed by atoms with Crippen molar-refractivity contribution in [3.05, 3.63) is 54.1 Å². The first-order chi connectivity index (χ1) is 11.6. The molecule has 0 saturated heterocycles. The molecule has 2 aliphatic rings. The third-order valence-electron chi connectivity index (χ3n) is 4.56. The van der Waals surface area contributed by atoms with Crippen molar-refractivity contribution in [2.45, 2.75) is 19.4 Å². The van der Waals surface area contributed by atoms with Crippen LogP contribution in [0.25, 0.3) is 0 Å². The Bertz CT molecular complexity index is 818. The molecule has 2 aliphatic heterocycles. The van der Waals surface area contributed by atoms with Crippen LogP contribution in [0.1, 0.15) is 12.5 Å². The maximum atomic E-state index is 12.8. The van der Waals surface area contributed by atoms with Crippen molar-refractivity contribution in [2.24, 2.45) is 0 Å². The molecule has 5 nitrogen and oxygen atoms in total. The number of amides is 2. The lowest BCUT2D eigenvalue weighted by Gasteiger charge is -2.33. The van der Waals surface area contributed by atoms with Crippen molar-refractivity contribution in [1.29, 1.82) is 0 Å². The van der Waals surface area contributed by atoms with Gasteiger partial charge in [-0.2, -0.15) is 0 Å². The first kappa shape index (κ1) is 14.8.